The first kappa shape index (κ1) is 15.1. The van der Waals surface area contributed by atoms with Crippen molar-refractivity contribution in [2.45, 2.75) is 52.6 Å². The summed E-state index contributed by atoms with van der Waals surface area (Å²) in [5, 5.41) is 2.68. The quantitative estimate of drug-likeness (QED) is 0.759. The fourth-order valence-corrected chi connectivity index (χ4v) is 1.83. The van der Waals surface area contributed by atoms with Gasteiger partial charge in [-0.15, -0.1) is 4.91 Å². The van der Waals surface area contributed by atoms with Crippen molar-refractivity contribution in [2.75, 3.05) is 5.73 Å². The molecular formula is C12H20N4O3. The van der Waals surface area contributed by atoms with Crippen LogP contribution >= 0.6 is 0 Å². The molecule has 0 atom stereocenters. The molecule has 1 rings (SSSR count). The summed E-state index contributed by atoms with van der Waals surface area (Å²) in [6, 6.07) is 0. The zero-order chi connectivity index (χ0) is 14.4. The molecule has 1 aromatic heterocycles. The fraction of sp³-hybridized carbons (Fsp3) is 0.667. The van der Waals surface area contributed by atoms with Gasteiger partial charge in [-0.3, -0.25) is 13.9 Å². The molecule has 7 heteroatoms. The van der Waals surface area contributed by atoms with Crippen molar-refractivity contribution in [1.29, 1.82) is 0 Å². The molecule has 0 saturated heterocycles. The maximum Gasteiger partial charge on any atom is 0.332 e. The highest BCUT2D eigenvalue weighted by Gasteiger charge is 2.17. The van der Waals surface area contributed by atoms with E-state index in [0.717, 1.165) is 23.8 Å². The minimum absolute atomic E-state index is 0.133. The molecule has 106 valence electrons. The van der Waals surface area contributed by atoms with Crippen molar-refractivity contribution in [1.82, 2.24) is 9.13 Å². The van der Waals surface area contributed by atoms with Gasteiger partial charge >= 0.3 is 5.69 Å². The van der Waals surface area contributed by atoms with Gasteiger partial charge < -0.3 is 5.73 Å². The molecule has 0 unspecified atom stereocenters. The van der Waals surface area contributed by atoms with E-state index in [2.05, 4.69) is 5.18 Å². The Morgan fingerprint density at radius 1 is 1.05 bits per heavy atom. The maximum absolute atomic E-state index is 12.2. The lowest BCUT2D eigenvalue weighted by molar-refractivity contribution is 0.523. The second-order valence-electron chi connectivity index (χ2n) is 4.42. The molecule has 7 nitrogen and oxygen atoms in total. The summed E-state index contributed by atoms with van der Waals surface area (Å²) in [4.78, 5) is 34.9. The van der Waals surface area contributed by atoms with E-state index in [1.54, 1.807) is 0 Å². The molecule has 0 aromatic carbocycles. The summed E-state index contributed by atoms with van der Waals surface area (Å²) >= 11 is 0. The van der Waals surface area contributed by atoms with Crippen molar-refractivity contribution in [3.05, 3.63) is 25.7 Å². The Kier molecular flexibility index (Phi) is 5.47. The molecule has 0 aliphatic carbocycles. The second-order valence-corrected chi connectivity index (χ2v) is 4.42. The monoisotopic (exact) mass is 268 g/mol. The van der Waals surface area contributed by atoms with Gasteiger partial charge in [0.2, 0.25) is 5.69 Å². The first-order valence-electron chi connectivity index (χ1n) is 6.54. The van der Waals surface area contributed by atoms with Crippen molar-refractivity contribution < 1.29 is 0 Å². The molecule has 1 aromatic rings. The fourth-order valence-electron chi connectivity index (χ4n) is 1.83. The van der Waals surface area contributed by atoms with Crippen LogP contribution in [0.25, 0.3) is 0 Å². The number of hydrogen-bond acceptors (Lipinski definition) is 5. The Hall–Kier alpha value is -1.92. The van der Waals surface area contributed by atoms with Gasteiger partial charge in [-0.05, 0) is 18.0 Å². The summed E-state index contributed by atoms with van der Waals surface area (Å²) in [5.41, 5.74) is 4.16. The number of rotatable bonds is 7. The Morgan fingerprint density at radius 2 is 1.58 bits per heavy atom. The summed E-state index contributed by atoms with van der Waals surface area (Å²) < 4.78 is 2.31. The highest BCUT2D eigenvalue weighted by Crippen LogP contribution is 2.14. The zero-order valence-corrected chi connectivity index (χ0v) is 11.4. The Morgan fingerprint density at radius 3 is 2.05 bits per heavy atom. The van der Waals surface area contributed by atoms with E-state index in [9.17, 15) is 14.5 Å². The van der Waals surface area contributed by atoms with Gasteiger partial charge in [0.05, 0.1) is 0 Å². The Labute approximate surface area is 111 Å². The molecule has 2 N–H and O–H groups in total. The number of aromatic nitrogens is 2. The van der Waals surface area contributed by atoms with Crippen LogP contribution in [0.15, 0.2) is 14.8 Å². The smallest absolute Gasteiger partial charge is 0.332 e. The third-order valence-corrected chi connectivity index (χ3v) is 3.00. The maximum atomic E-state index is 12.2. The third-order valence-electron chi connectivity index (χ3n) is 3.00. The second kappa shape index (κ2) is 6.86. The third kappa shape index (κ3) is 3.10. The SMILES string of the molecule is CCCCn1c(N)c(N=O)c(=O)n(CCCC)c1=O. The molecule has 0 aliphatic heterocycles. The van der Waals surface area contributed by atoms with Crippen LogP contribution < -0.4 is 17.0 Å². The van der Waals surface area contributed by atoms with Gasteiger partial charge in [-0.1, -0.05) is 26.7 Å². The van der Waals surface area contributed by atoms with Crippen LogP contribution in [0.4, 0.5) is 11.5 Å². The average Bonchev–Trinajstić information content (AvgIpc) is 2.39. The van der Waals surface area contributed by atoms with E-state index in [0.29, 0.717) is 13.0 Å². The van der Waals surface area contributed by atoms with E-state index < -0.39 is 11.2 Å². The van der Waals surface area contributed by atoms with Crippen LogP contribution in [0.2, 0.25) is 0 Å². The molecule has 0 bridgehead atoms. The molecular weight excluding hydrogens is 248 g/mol. The molecule has 0 saturated carbocycles. The minimum atomic E-state index is -0.696. The van der Waals surface area contributed by atoms with E-state index in [1.807, 2.05) is 13.8 Å². The number of anilines is 1. The van der Waals surface area contributed by atoms with Crippen LogP contribution in [0.3, 0.4) is 0 Å². The standard InChI is InChI=1S/C12H20N4O3/c1-3-5-7-15-10(13)9(14-19)11(17)16(12(15)18)8-6-4-2/h3-8,13H2,1-2H3. The molecule has 19 heavy (non-hydrogen) atoms. The van der Waals surface area contributed by atoms with Gasteiger partial charge in [-0.2, -0.15) is 0 Å². The number of hydrogen-bond donors (Lipinski definition) is 1. The molecule has 0 radical (unpaired) electrons. The molecule has 0 spiro atoms. The first-order chi connectivity index (χ1) is 9.08. The van der Waals surface area contributed by atoms with E-state index >= 15 is 0 Å². The number of unbranched alkanes of at least 4 members (excludes halogenated alkanes) is 2. The predicted molar refractivity (Wildman–Crippen MR) is 74.6 cm³/mol. The van der Waals surface area contributed by atoms with Gasteiger partial charge in [0, 0.05) is 13.1 Å². The van der Waals surface area contributed by atoms with Crippen LogP contribution in [0, 0.1) is 4.91 Å². The normalized spacial score (nSPS) is 10.6. The highest BCUT2D eigenvalue weighted by molar-refractivity contribution is 5.55. The van der Waals surface area contributed by atoms with E-state index in [4.69, 9.17) is 5.73 Å². The molecule has 1 heterocycles. The number of nitroso groups, excluding NO2 is 1. The molecule has 0 amide bonds. The molecule has 0 aliphatic rings. The Bertz CT molecular complexity index is 559. The van der Waals surface area contributed by atoms with Gasteiger partial charge in [0.15, 0.2) is 0 Å². The lowest BCUT2D eigenvalue weighted by Gasteiger charge is -2.13. The highest BCUT2D eigenvalue weighted by atomic mass is 16.3. The first-order valence-corrected chi connectivity index (χ1v) is 6.54. The lowest BCUT2D eigenvalue weighted by Crippen LogP contribution is -2.41. The van der Waals surface area contributed by atoms with Crippen LogP contribution in [-0.4, -0.2) is 9.13 Å². The average molecular weight is 268 g/mol. The molecule has 0 fully saturated rings. The number of nitrogens with two attached hydrogens (primary N) is 1. The largest absolute Gasteiger partial charge is 0.383 e. The number of nitrogens with zero attached hydrogens (tertiary/aromatic N) is 3. The Balaban J connectivity index is 3.42. The lowest BCUT2D eigenvalue weighted by atomic mass is 10.3. The summed E-state index contributed by atoms with van der Waals surface area (Å²) in [7, 11) is 0. The minimum Gasteiger partial charge on any atom is -0.383 e. The van der Waals surface area contributed by atoms with Gasteiger partial charge in [0.1, 0.15) is 5.82 Å². The van der Waals surface area contributed by atoms with Gasteiger partial charge in [0.25, 0.3) is 5.56 Å². The van der Waals surface area contributed by atoms with Crippen molar-refractivity contribution in [2.24, 2.45) is 5.18 Å². The van der Waals surface area contributed by atoms with E-state index in [1.165, 1.54) is 4.57 Å². The van der Waals surface area contributed by atoms with Crippen LogP contribution in [-0.2, 0) is 13.1 Å². The number of nitrogen functional groups attached to an aromatic ring is 1. The van der Waals surface area contributed by atoms with Crippen molar-refractivity contribution >= 4 is 11.5 Å². The van der Waals surface area contributed by atoms with Crippen molar-refractivity contribution in [3.63, 3.8) is 0 Å². The summed E-state index contributed by atoms with van der Waals surface area (Å²) in [5.74, 6) is -0.133. The predicted octanol–water partition coefficient (Wildman–Crippen LogP) is 1.59. The van der Waals surface area contributed by atoms with E-state index in [-0.39, 0.29) is 18.1 Å². The topological polar surface area (TPSA) is 99.4 Å². The van der Waals surface area contributed by atoms with Crippen LogP contribution in [0.1, 0.15) is 39.5 Å². The van der Waals surface area contributed by atoms with Gasteiger partial charge in [-0.25, -0.2) is 4.79 Å². The van der Waals surface area contributed by atoms with Crippen molar-refractivity contribution in [3.8, 4) is 0 Å². The zero-order valence-electron chi connectivity index (χ0n) is 11.4. The van der Waals surface area contributed by atoms with Crippen LogP contribution in [0.5, 0.6) is 0 Å². The summed E-state index contributed by atoms with van der Waals surface area (Å²) in [6.45, 7) is 4.60. The summed E-state index contributed by atoms with van der Waals surface area (Å²) in [6.07, 6.45) is 3.15.